The predicted octanol–water partition coefficient (Wildman–Crippen LogP) is 5.53. The summed E-state index contributed by atoms with van der Waals surface area (Å²) in [5.74, 6) is -2.22. The molecule has 1 amide bonds. The van der Waals surface area contributed by atoms with Crippen LogP contribution in [-0.4, -0.2) is 33.1 Å². The number of hydrogen-bond donors (Lipinski definition) is 2. The molecule has 10 heteroatoms. The monoisotopic (exact) mass is 504 g/mol. The molecule has 0 bridgehead atoms. The smallest absolute Gasteiger partial charge is 0.254 e. The summed E-state index contributed by atoms with van der Waals surface area (Å²) in [6, 6.07) is 10.3. The molecule has 8 nitrogen and oxygen atoms in total. The topological polar surface area (TPSA) is 105 Å². The molecule has 190 valence electrons. The van der Waals surface area contributed by atoms with Crippen LogP contribution in [0.2, 0.25) is 0 Å². The van der Waals surface area contributed by atoms with Crippen molar-refractivity contribution >= 4 is 34.7 Å². The Hall–Kier alpha value is -4.26. The number of hydrogen-bond acceptors (Lipinski definition) is 7. The van der Waals surface area contributed by atoms with Crippen LogP contribution in [0.4, 0.5) is 37.6 Å². The first kappa shape index (κ1) is 24.4. The number of rotatable bonds is 4. The lowest BCUT2D eigenvalue weighted by Gasteiger charge is -2.46. The minimum absolute atomic E-state index is 0.0318. The molecule has 1 atom stereocenters. The normalized spacial score (nSPS) is 21.4. The molecule has 2 heterocycles. The van der Waals surface area contributed by atoms with Gasteiger partial charge in [0, 0.05) is 23.9 Å². The highest BCUT2D eigenvalue weighted by Crippen LogP contribution is 2.43. The van der Waals surface area contributed by atoms with Crippen molar-refractivity contribution in [3.05, 3.63) is 59.8 Å². The summed E-state index contributed by atoms with van der Waals surface area (Å²) in [5, 5.41) is 21.6. The van der Waals surface area contributed by atoms with Gasteiger partial charge >= 0.3 is 0 Å². The average molecular weight is 505 g/mol. The van der Waals surface area contributed by atoms with E-state index in [-0.39, 0.29) is 23.6 Å². The minimum atomic E-state index is -1.11. The van der Waals surface area contributed by atoms with Crippen molar-refractivity contribution in [1.82, 2.24) is 9.97 Å². The van der Waals surface area contributed by atoms with Crippen LogP contribution in [0.15, 0.2) is 42.6 Å². The van der Waals surface area contributed by atoms with Crippen molar-refractivity contribution in [1.29, 1.82) is 5.26 Å². The zero-order valence-electron chi connectivity index (χ0n) is 20.4. The highest BCUT2D eigenvalue weighted by atomic mass is 19.1. The molecule has 2 N–H and O–H groups in total. The van der Waals surface area contributed by atoms with Gasteiger partial charge in [-0.05, 0) is 56.7 Å². The van der Waals surface area contributed by atoms with Crippen LogP contribution in [0.25, 0.3) is 0 Å². The van der Waals surface area contributed by atoms with Crippen molar-refractivity contribution < 1.29 is 18.7 Å². The lowest BCUT2D eigenvalue weighted by molar-refractivity contribution is -0.119. The second-order valence-electron chi connectivity index (χ2n) is 9.65. The van der Waals surface area contributed by atoms with E-state index in [1.807, 2.05) is 11.8 Å². The number of halogens is 2. The average Bonchev–Trinajstić information content (AvgIpc) is 2.89. The zero-order valence-corrected chi connectivity index (χ0v) is 20.4. The van der Waals surface area contributed by atoms with Crippen LogP contribution in [-0.2, 0) is 4.79 Å². The third-order valence-corrected chi connectivity index (χ3v) is 7.12. The molecule has 0 unspecified atom stereocenters. The number of phenols is 1. The Kier molecular flexibility index (Phi) is 6.38. The number of amides is 1. The summed E-state index contributed by atoms with van der Waals surface area (Å²) in [6.45, 7) is 4.06. The number of anilines is 5. The lowest BCUT2D eigenvalue weighted by Crippen LogP contribution is -2.55. The second kappa shape index (κ2) is 9.65. The van der Waals surface area contributed by atoms with E-state index >= 15 is 0 Å². The van der Waals surface area contributed by atoms with Gasteiger partial charge in [0.1, 0.15) is 11.7 Å². The molecular weight excluding hydrogens is 478 g/mol. The summed E-state index contributed by atoms with van der Waals surface area (Å²) < 4.78 is 27.8. The first-order valence-electron chi connectivity index (χ1n) is 12.2. The van der Waals surface area contributed by atoms with E-state index in [9.17, 15) is 23.9 Å². The quantitative estimate of drug-likeness (QED) is 0.450. The molecule has 0 radical (unpaired) electrons. The highest BCUT2D eigenvalue weighted by Gasteiger charge is 2.41. The molecule has 2 aliphatic rings. The molecular formula is C27H26F2N6O2. The molecule has 1 aliphatic heterocycles. The van der Waals surface area contributed by atoms with E-state index in [0.717, 1.165) is 37.8 Å². The van der Waals surface area contributed by atoms with E-state index in [1.165, 1.54) is 11.1 Å². The summed E-state index contributed by atoms with van der Waals surface area (Å²) >= 11 is 0. The minimum Gasteiger partial charge on any atom is -0.503 e. The van der Waals surface area contributed by atoms with Gasteiger partial charge in [0.15, 0.2) is 23.2 Å². The SMILES string of the molecule is CC1CCC(N2c3nc(Nc4cc(F)c(O)c(F)c4)ncc3N(c3cccc(C#N)c3)C(=O)[C@H]2C)CC1. The Labute approximate surface area is 213 Å². The number of fused-ring (bicyclic) bond motifs is 1. The molecule has 0 spiro atoms. The van der Waals surface area contributed by atoms with Gasteiger partial charge in [-0.3, -0.25) is 9.69 Å². The predicted molar refractivity (Wildman–Crippen MR) is 135 cm³/mol. The molecule has 1 aliphatic carbocycles. The summed E-state index contributed by atoms with van der Waals surface area (Å²) in [5.41, 5.74) is 1.44. The zero-order chi connectivity index (χ0) is 26.3. The van der Waals surface area contributed by atoms with Gasteiger partial charge in [-0.25, -0.2) is 13.8 Å². The largest absolute Gasteiger partial charge is 0.503 e. The van der Waals surface area contributed by atoms with Gasteiger partial charge in [-0.1, -0.05) is 13.0 Å². The standard InChI is InChI=1S/C27H26F2N6O2/c1-15-6-8-19(9-7-15)34-16(2)26(37)35(20-5-3-4-17(10-20)13-30)23-14-31-27(33-25(23)34)32-18-11-21(28)24(36)22(29)12-18/h3-5,10-12,14-16,19,36H,6-9H2,1-2H3,(H,31,32,33)/t15?,16-,19?/m1/s1. The van der Waals surface area contributed by atoms with Gasteiger partial charge in [-0.15, -0.1) is 0 Å². The maximum absolute atomic E-state index is 13.9. The number of aromatic hydroxyl groups is 1. The Bertz CT molecular complexity index is 1380. The summed E-state index contributed by atoms with van der Waals surface area (Å²) in [6.07, 6.45) is 5.38. The van der Waals surface area contributed by atoms with Crippen LogP contribution >= 0.6 is 0 Å². The maximum Gasteiger partial charge on any atom is 0.254 e. The molecule has 2 aromatic carbocycles. The van der Waals surface area contributed by atoms with Gasteiger partial charge in [0.05, 0.1) is 23.5 Å². The van der Waals surface area contributed by atoms with E-state index < -0.39 is 23.4 Å². The third-order valence-electron chi connectivity index (χ3n) is 7.12. The van der Waals surface area contributed by atoms with E-state index in [4.69, 9.17) is 4.98 Å². The second-order valence-corrected chi connectivity index (χ2v) is 9.65. The molecule has 1 aromatic heterocycles. The Morgan fingerprint density at radius 2 is 1.81 bits per heavy atom. The third kappa shape index (κ3) is 4.53. The van der Waals surface area contributed by atoms with Gasteiger partial charge in [0.25, 0.3) is 5.91 Å². The van der Waals surface area contributed by atoms with Crippen LogP contribution in [0, 0.1) is 28.9 Å². The number of phenolic OH excluding ortho intramolecular Hbond substituents is 1. The first-order valence-corrected chi connectivity index (χ1v) is 12.2. The number of aromatic nitrogens is 2. The maximum atomic E-state index is 13.9. The number of carbonyl (C=O) groups is 1. The molecule has 1 fully saturated rings. The molecule has 1 saturated carbocycles. The fourth-order valence-electron chi connectivity index (χ4n) is 5.14. The van der Waals surface area contributed by atoms with E-state index in [0.29, 0.717) is 28.7 Å². The van der Waals surface area contributed by atoms with E-state index in [1.54, 1.807) is 24.3 Å². The Morgan fingerprint density at radius 1 is 1.11 bits per heavy atom. The van der Waals surface area contributed by atoms with Gasteiger partial charge in [0.2, 0.25) is 5.95 Å². The fraction of sp³-hybridized carbons (Fsp3) is 0.333. The van der Waals surface area contributed by atoms with Crippen LogP contribution in [0.5, 0.6) is 5.75 Å². The van der Waals surface area contributed by atoms with E-state index in [2.05, 4.69) is 23.3 Å². The number of carbonyl (C=O) groups excluding carboxylic acids is 1. The number of nitrogens with zero attached hydrogens (tertiary/aromatic N) is 5. The summed E-state index contributed by atoms with van der Waals surface area (Å²) in [7, 11) is 0. The van der Waals surface area contributed by atoms with Crippen molar-refractivity contribution in [2.45, 2.75) is 51.6 Å². The Morgan fingerprint density at radius 3 is 2.49 bits per heavy atom. The van der Waals surface area contributed by atoms with Crippen molar-refractivity contribution in [3.8, 4) is 11.8 Å². The van der Waals surface area contributed by atoms with Gasteiger partial charge < -0.3 is 15.3 Å². The molecule has 5 rings (SSSR count). The fourth-order valence-corrected chi connectivity index (χ4v) is 5.14. The highest BCUT2D eigenvalue weighted by molar-refractivity contribution is 6.10. The molecule has 3 aromatic rings. The van der Waals surface area contributed by atoms with Crippen molar-refractivity contribution in [3.63, 3.8) is 0 Å². The van der Waals surface area contributed by atoms with Gasteiger partial charge in [-0.2, -0.15) is 10.2 Å². The number of benzene rings is 2. The number of nitrogens with one attached hydrogen (secondary N) is 1. The van der Waals surface area contributed by atoms with Crippen molar-refractivity contribution in [2.24, 2.45) is 5.92 Å². The lowest BCUT2D eigenvalue weighted by atomic mass is 9.85. The van der Waals surface area contributed by atoms with Crippen LogP contribution in [0.1, 0.15) is 45.1 Å². The van der Waals surface area contributed by atoms with Crippen LogP contribution in [0.3, 0.4) is 0 Å². The summed E-state index contributed by atoms with van der Waals surface area (Å²) in [4.78, 5) is 26.3. The van der Waals surface area contributed by atoms with Crippen molar-refractivity contribution in [2.75, 3.05) is 15.1 Å². The first-order chi connectivity index (χ1) is 17.8. The van der Waals surface area contributed by atoms with Crippen LogP contribution < -0.4 is 15.1 Å². The molecule has 0 saturated heterocycles. The number of nitriles is 1. The Balaban J connectivity index is 1.60. The molecule has 37 heavy (non-hydrogen) atoms.